The van der Waals surface area contributed by atoms with Gasteiger partial charge >= 0.3 is 0 Å². The first-order valence-corrected chi connectivity index (χ1v) is 8.66. The van der Waals surface area contributed by atoms with Crippen LogP contribution in [0.1, 0.15) is 28.4 Å². The molecule has 25 heavy (non-hydrogen) atoms. The Morgan fingerprint density at radius 2 is 1.88 bits per heavy atom. The fraction of sp³-hybridized carbons (Fsp3) is 0.300. The average molecular weight is 358 g/mol. The van der Waals surface area contributed by atoms with Crippen LogP contribution in [0.25, 0.3) is 0 Å². The zero-order valence-corrected chi connectivity index (χ0v) is 15.9. The summed E-state index contributed by atoms with van der Waals surface area (Å²) in [7, 11) is 1.98. The normalized spacial score (nSPS) is 10.9. The summed E-state index contributed by atoms with van der Waals surface area (Å²) in [6.45, 7) is 7.12. The van der Waals surface area contributed by atoms with Gasteiger partial charge in [-0.05, 0) is 68.3 Å². The molecule has 2 rings (SSSR count). The zero-order valence-electron chi connectivity index (χ0n) is 15.1. The van der Waals surface area contributed by atoms with E-state index >= 15 is 0 Å². The first-order valence-electron chi connectivity index (χ1n) is 8.29. The highest BCUT2D eigenvalue weighted by atomic mass is 35.5. The van der Waals surface area contributed by atoms with Crippen LogP contribution in [-0.4, -0.2) is 37.2 Å². The van der Waals surface area contributed by atoms with E-state index in [9.17, 15) is 4.79 Å². The van der Waals surface area contributed by atoms with Crippen LogP contribution < -0.4 is 5.32 Å². The predicted molar refractivity (Wildman–Crippen MR) is 107 cm³/mol. The summed E-state index contributed by atoms with van der Waals surface area (Å²) >= 11 is 5.87. The Kier molecular flexibility index (Phi) is 6.59. The summed E-state index contributed by atoms with van der Waals surface area (Å²) < 4.78 is 0. The van der Waals surface area contributed by atoms with Gasteiger partial charge in [0.05, 0.1) is 18.6 Å². The van der Waals surface area contributed by atoms with Gasteiger partial charge in [0.1, 0.15) is 0 Å². The fourth-order valence-electron chi connectivity index (χ4n) is 2.33. The van der Waals surface area contributed by atoms with Gasteiger partial charge < -0.3 is 10.2 Å². The Morgan fingerprint density at radius 3 is 2.52 bits per heavy atom. The van der Waals surface area contributed by atoms with Gasteiger partial charge in [-0.2, -0.15) is 0 Å². The van der Waals surface area contributed by atoms with Crippen molar-refractivity contribution in [3.05, 3.63) is 58.1 Å². The summed E-state index contributed by atoms with van der Waals surface area (Å²) in [5.41, 5.74) is 4.40. The van der Waals surface area contributed by atoms with E-state index in [1.165, 1.54) is 0 Å². The molecule has 0 bridgehead atoms. The lowest BCUT2D eigenvalue weighted by atomic mass is 10.0. The molecule has 2 aromatic carbocycles. The van der Waals surface area contributed by atoms with Crippen molar-refractivity contribution in [2.24, 2.45) is 4.99 Å². The third kappa shape index (κ3) is 5.33. The quantitative estimate of drug-likeness (QED) is 0.437. The number of carbonyl (C=O) groups excluding carboxylic acids is 1. The molecule has 0 aromatic heterocycles. The van der Waals surface area contributed by atoms with Crippen LogP contribution in [0.15, 0.2) is 41.4 Å². The SMILES string of the molecule is CCN(C)C=Nc1cc(C)c(C(=O)CNc2ccc(Cl)cc2)cc1C. The molecule has 0 saturated heterocycles. The molecule has 0 aliphatic rings. The highest BCUT2D eigenvalue weighted by molar-refractivity contribution is 6.30. The molecule has 0 radical (unpaired) electrons. The second-order valence-electron chi connectivity index (χ2n) is 6.06. The van der Waals surface area contributed by atoms with Crippen LogP contribution in [-0.2, 0) is 0 Å². The molecule has 5 heteroatoms. The van der Waals surface area contributed by atoms with Crippen LogP contribution in [0.4, 0.5) is 11.4 Å². The Hall–Kier alpha value is -2.33. The lowest BCUT2D eigenvalue weighted by molar-refractivity contribution is 0.101. The summed E-state index contributed by atoms with van der Waals surface area (Å²) in [5.74, 6) is 0.0526. The largest absolute Gasteiger partial charge is 0.378 e. The summed E-state index contributed by atoms with van der Waals surface area (Å²) in [6, 6.07) is 11.2. The first kappa shape index (κ1) is 19.0. The molecule has 0 aliphatic carbocycles. The number of carbonyl (C=O) groups is 1. The van der Waals surface area contributed by atoms with Crippen molar-refractivity contribution in [3.63, 3.8) is 0 Å². The number of aliphatic imine (C=N–C) groups is 1. The van der Waals surface area contributed by atoms with Gasteiger partial charge in [0, 0.05) is 29.9 Å². The number of hydrogen-bond acceptors (Lipinski definition) is 3. The second-order valence-corrected chi connectivity index (χ2v) is 6.49. The van der Waals surface area contributed by atoms with Gasteiger partial charge in [-0.1, -0.05) is 11.6 Å². The molecule has 1 N–H and O–H groups in total. The second kappa shape index (κ2) is 8.67. The predicted octanol–water partition coefficient (Wildman–Crippen LogP) is 4.86. The molecule has 132 valence electrons. The number of nitrogens with one attached hydrogen (secondary N) is 1. The van der Waals surface area contributed by atoms with E-state index in [0.717, 1.165) is 34.6 Å². The Bertz CT molecular complexity index is 769. The van der Waals surface area contributed by atoms with Crippen molar-refractivity contribution in [1.82, 2.24) is 4.90 Å². The van der Waals surface area contributed by atoms with Crippen molar-refractivity contribution >= 4 is 35.1 Å². The molecule has 0 fully saturated rings. The number of aryl methyl sites for hydroxylation is 2. The number of hydrogen-bond donors (Lipinski definition) is 1. The van der Waals surface area contributed by atoms with E-state index < -0.39 is 0 Å². The Morgan fingerprint density at radius 1 is 1.20 bits per heavy atom. The summed E-state index contributed by atoms with van der Waals surface area (Å²) in [4.78, 5) is 19.1. The van der Waals surface area contributed by atoms with E-state index in [1.54, 1.807) is 12.1 Å². The lowest BCUT2D eigenvalue weighted by Gasteiger charge is -2.12. The number of halogens is 1. The van der Waals surface area contributed by atoms with Crippen molar-refractivity contribution in [2.75, 3.05) is 25.5 Å². The van der Waals surface area contributed by atoms with Crippen LogP contribution >= 0.6 is 11.6 Å². The number of ketones is 1. The third-order valence-electron chi connectivity index (χ3n) is 4.03. The molecule has 2 aromatic rings. The minimum absolute atomic E-state index is 0.0526. The van der Waals surface area contributed by atoms with Gasteiger partial charge in [-0.3, -0.25) is 4.79 Å². The van der Waals surface area contributed by atoms with Crippen LogP contribution in [0.3, 0.4) is 0 Å². The van der Waals surface area contributed by atoms with Crippen molar-refractivity contribution in [2.45, 2.75) is 20.8 Å². The third-order valence-corrected chi connectivity index (χ3v) is 4.29. The molecular formula is C20H24ClN3O. The molecule has 4 nitrogen and oxygen atoms in total. The van der Waals surface area contributed by atoms with Crippen LogP contribution in [0.2, 0.25) is 5.02 Å². The topological polar surface area (TPSA) is 44.7 Å². The molecule has 0 amide bonds. The van der Waals surface area contributed by atoms with Gasteiger partial charge in [-0.15, -0.1) is 0 Å². The molecule has 0 aliphatic heterocycles. The minimum atomic E-state index is 0.0526. The molecular weight excluding hydrogens is 334 g/mol. The zero-order chi connectivity index (χ0) is 18.4. The fourth-order valence-corrected chi connectivity index (χ4v) is 2.45. The van der Waals surface area contributed by atoms with E-state index in [-0.39, 0.29) is 12.3 Å². The van der Waals surface area contributed by atoms with Gasteiger partial charge in [0.15, 0.2) is 5.78 Å². The number of rotatable bonds is 7. The van der Waals surface area contributed by atoms with Crippen LogP contribution in [0.5, 0.6) is 0 Å². The number of benzene rings is 2. The summed E-state index contributed by atoms with van der Waals surface area (Å²) in [5, 5.41) is 3.81. The molecule has 0 saturated carbocycles. The van der Waals surface area contributed by atoms with Crippen molar-refractivity contribution < 1.29 is 4.79 Å². The van der Waals surface area contributed by atoms with Crippen molar-refractivity contribution in [1.29, 1.82) is 0 Å². The molecule has 0 atom stereocenters. The Balaban J connectivity index is 2.10. The number of Topliss-reactive ketones (excluding diaryl/α,β-unsaturated/α-hetero) is 1. The Labute approximate surface area is 154 Å². The van der Waals surface area contributed by atoms with Gasteiger partial charge in [0.2, 0.25) is 0 Å². The van der Waals surface area contributed by atoms with E-state index in [4.69, 9.17) is 11.6 Å². The minimum Gasteiger partial charge on any atom is -0.378 e. The van der Waals surface area contributed by atoms with Crippen LogP contribution in [0, 0.1) is 13.8 Å². The maximum Gasteiger partial charge on any atom is 0.182 e. The lowest BCUT2D eigenvalue weighted by Crippen LogP contribution is -2.15. The van der Waals surface area contributed by atoms with E-state index in [1.807, 2.05) is 56.4 Å². The molecule has 0 spiro atoms. The van der Waals surface area contributed by atoms with E-state index in [2.05, 4.69) is 17.2 Å². The number of anilines is 1. The maximum atomic E-state index is 12.5. The molecule has 0 unspecified atom stereocenters. The first-order chi connectivity index (χ1) is 11.9. The maximum absolute atomic E-state index is 12.5. The highest BCUT2D eigenvalue weighted by Gasteiger charge is 2.11. The highest BCUT2D eigenvalue weighted by Crippen LogP contribution is 2.24. The standard InChI is InChI=1S/C20H24ClN3O/c1-5-24(4)13-23-19-11-14(2)18(10-15(19)3)20(25)12-22-17-8-6-16(21)7-9-17/h6-11,13,22H,5,12H2,1-4H3. The number of nitrogens with zero attached hydrogens (tertiary/aromatic N) is 2. The molecule has 0 heterocycles. The smallest absolute Gasteiger partial charge is 0.182 e. The van der Waals surface area contributed by atoms with Gasteiger partial charge in [-0.25, -0.2) is 4.99 Å². The monoisotopic (exact) mass is 357 g/mol. The average Bonchev–Trinajstić information content (AvgIpc) is 2.61. The van der Waals surface area contributed by atoms with Gasteiger partial charge in [0.25, 0.3) is 0 Å². The van der Waals surface area contributed by atoms with E-state index in [0.29, 0.717) is 5.02 Å². The van der Waals surface area contributed by atoms with Crippen molar-refractivity contribution in [3.8, 4) is 0 Å². The summed E-state index contributed by atoms with van der Waals surface area (Å²) in [6.07, 6.45) is 1.81.